The molecule has 2 aliphatic rings. The van der Waals surface area contributed by atoms with Gasteiger partial charge in [0.2, 0.25) is 0 Å². The molecule has 0 radical (unpaired) electrons. The Morgan fingerprint density at radius 1 is 1.13 bits per heavy atom. The van der Waals surface area contributed by atoms with Gasteiger partial charge in [-0.2, -0.15) is 0 Å². The van der Waals surface area contributed by atoms with Crippen LogP contribution in [0.25, 0.3) is 11.0 Å². The largest absolute Gasteiger partial charge is 0.483 e. The first-order chi connectivity index (χ1) is 14.9. The van der Waals surface area contributed by atoms with Crippen molar-refractivity contribution in [2.75, 3.05) is 19.7 Å². The Hall–Kier alpha value is -3.35. The van der Waals surface area contributed by atoms with Gasteiger partial charge < -0.3 is 18.6 Å². The molecule has 1 aromatic carbocycles. The first-order valence-electron chi connectivity index (χ1n) is 10.5. The average molecular weight is 420 g/mol. The maximum atomic E-state index is 12.9. The zero-order chi connectivity index (χ0) is 21.7. The van der Waals surface area contributed by atoms with E-state index < -0.39 is 5.63 Å². The molecule has 0 spiro atoms. The Bertz CT molecular complexity index is 1310. The molecule has 0 unspecified atom stereocenters. The molecule has 2 atom stereocenters. The van der Waals surface area contributed by atoms with Crippen molar-refractivity contribution in [1.82, 2.24) is 9.47 Å². The number of benzene rings is 1. The fourth-order valence-electron chi connectivity index (χ4n) is 4.99. The number of piperidine rings is 1. The van der Waals surface area contributed by atoms with Crippen molar-refractivity contribution in [3.05, 3.63) is 74.0 Å². The Morgan fingerprint density at radius 3 is 2.81 bits per heavy atom. The highest BCUT2D eigenvalue weighted by Gasteiger charge is 2.36. The van der Waals surface area contributed by atoms with E-state index in [1.165, 1.54) is 6.07 Å². The van der Waals surface area contributed by atoms with Crippen molar-refractivity contribution < 1.29 is 13.9 Å². The van der Waals surface area contributed by atoms with Gasteiger partial charge in [-0.15, -0.1) is 0 Å². The molecule has 160 valence electrons. The average Bonchev–Trinajstić information content (AvgIpc) is 2.74. The Kier molecular flexibility index (Phi) is 4.68. The predicted molar refractivity (Wildman–Crippen MR) is 116 cm³/mol. The molecule has 4 heterocycles. The lowest BCUT2D eigenvalue weighted by molar-refractivity contribution is -0.136. The van der Waals surface area contributed by atoms with Crippen molar-refractivity contribution >= 4 is 16.9 Å². The van der Waals surface area contributed by atoms with Crippen molar-refractivity contribution in [3.8, 4) is 5.75 Å². The van der Waals surface area contributed by atoms with Crippen LogP contribution in [0.4, 0.5) is 0 Å². The van der Waals surface area contributed by atoms with Crippen molar-refractivity contribution in [2.45, 2.75) is 32.7 Å². The lowest BCUT2D eigenvalue weighted by Crippen LogP contribution is -2.50. The van der Waals surface area contributed by atoms with Gasteiger partial charge >= 0.3 is 5.63 Å². The monoisotopic (exact) mass is 420 g/mol. The maximum Gasteiger partial charge on any atom is 0.336 e. The number of likely N-dealkylation sites (tertiary alicyclic amines) is 1. The third-order valence-electron chi connectivity index (χ3n) is 6.50. The first-order valence-corrected chi connectivity index (χ1v) is 10.5. The second-order valence-electron chi connectivity index (χ2n) is 8.60. The zero-order valence-electron chi connectivity index (χ0n) is 17.6. The highest BCUT2D eigenvalue weighted by Crippen LogP contribution is 2.35. The highest BCUT2D eigenvalue weighted by atomic mass is 16.5. The summed E-state index contributed by atoms with van der Waals surface area (Å²) in [6, 6.07) is 10.5. The summed E-state index contributed by atoms with van der Waals surface area (Å²) in [5.74, 6) is 0.898. The molecule has 0 N–H and O–H groups in total. The van der Waals surface area contributed by atoms with Crippen LogP contribution in [0.2, 0.25) is 0 Å². The van der Waals surface area contributed by atoms with E-state index in [0.29, 0.717) is 36.5 Å². The number of carbonyl (C=O) groups is 1. The van der Waals surface area contributed by atoms with E-state index in [2.05, 4.69) is 0 Å². The number of amides is 1. The van der Waals surface area contributed by atoms with Gasteiger partial charge in [0, 0.05) is 54.3 Å². The summed E-state index contributed by atoms with van der Waals surface area (Å²) in [4.78, 5) is 38.7. The van der Waals surface area contributed by atoms with Gasteiger partial charge in [0.1, 0.15) is 11.3 Å². The van der Waals surface area contributed by atoms with E-state index in [4.69, 9.17) is 9.15 Å². The number of fused-ring (bicyclic) bond motifs is 5. The van der Waals surface area contributed by atoms with E-state index in [0.717, 1.165) is 23.1 Å². The molecule has 7 nitrogen and oxygen atoms in total. The Morgan fingerprint density at radius 2 is 1.97 bits per heavy atom. The van der Waals surface area contributed by atoms with E-state index >= 15 is 0 Å². The summed E-state index contributed by atoms with van der Waals surface area (Å²) in [7, 11) is 0. The third kappa shape index (κ3) is 3.44. The molecule has 2 bridgehead atoms. The number of carbonyl (C=O) groups excluding carboxylic acids is 1. The summed E-state index contributed by atoms with van der Waals surface area (Å²) in [6.07, 6.45) is 0.996. The SMILES string of the molecule is Cc1cc(=O)oc2c(C)c(OCC(=O)N3C[C@H]4C[C@@H](C3)c3cccc(=O)n3C4)ccc12. The van der Waals surface area contributed by atoms with Gasteiger partial charge in [-0.1, -0.05) is 6.07 Å². The van der Waals surface area contributed by atoms with Crippen LogP contribution in [0.5, 0.6) is 5.75 Å². The molecule has 7 heteroatoms. The summed E-state index contributed by atoms with van der Waals surface area (Å²) in [5, 5.41) is 0.855. The van der Waals surface area contributed by atoms with E-state index in [-0.39, 0.29) is 29.9 Å². The smallest absolute Gasteiger partial charge is 0.336 e. The van der Waals surface area contributed by atoms with Crippen LogP contribution in [-0.4, -0.2) is 35.1 Å². The van der Waals surface area contributed by atoms with Crippen LogP contribution in [0.15, 0.2) is 50.4 Å². The molecule has 2 aromatic heterocycles. The second-order valence-corrected chi connectivity index (χ2v) is 8.60. The highest BCUT2D eigenvalue weighted by molar-refractivity contribution is 5.85. The minimum atomic E-state index is -0.402. The summed E-state index contributed by atoms with van der Waals surface area (Å²) >= 11 is 0. The number of ether oxygens (including phenoxy) is 1. The summed E-state index contributed by atoms with van der Waals surface area (Å²) in [5.41, 5.74) is 2.68. The fraction of sp³-hybridized carbons (Fsp3) is 0.375. The van der Waals surface area contributed by atoms with Gasteiger partial charge in [-0.25, -0.2) is 4.79 Å². The Labute approximate surface area is 178 Å². The molecule has 1 saturated heterocycles. The van der Waals surface area contributed by atoms with Crippen LogP contribution in [0.3, 0.4) is 0 Å². The second kappa shape index (κ2) is 7.41. The van der Waals surface area contributed by atoms with Gasteiger partial charge in [0.25, 0.3) is 11.5 Å². The molecular weight excluding hydrogens is 396 g/mol. The third-order valence-corrected chi connectivity index (χ3v) is 6.50. The van der Waals surface area contributed by atoms with E-state index in [1.807, 2.05) is 41.5 Å². The number of pyridine rings is 1. The van der Waals surface area contributed by atoms with Crippen LogP contribution < -0.4 is 15.9 Å². The Balaban J connectivity index is 1.32. The number of aryl methyl sites for hydroxylation is 2. The lowest BCUT2D eigenvalue weighted by Gasteiger charge is -2.42. The zero-order valence-corrected chi connectivity index (χ0v) is 17.6. The number of rotatable bonds is 3. The van der Waals surface area contributed by atoms with Crippen molar-refractivity contribution in [1.29, 1.82) is 0 Å². The van der Waals surface area contributed by atoms with E-state index in [9.17, 15) is 14.4 Å². The molecule has 0 saturated carbocycles. The molecule has 2 aliphatic heterocycles. The molecule has 5 rings (SSSR count). The molecule has 3 aromatic rings. The maximum absolute atomic E-state index is 12.9. The van der Waals surface area contributed by atoms with Crippen molar-refractivity contribution in [2.24, 2.45) is 5.92 Å². The molecular formula is C24H24N2O5. The predicted octanol–water partition coefficient (Wildman–Crippen LogP) is 2.60. The fourth-order valence-corrected chi connectivity index (χ4v) is 4.99. The molecule has 1 fully saturated rings. The number of aromatic nitrogens is 1. The summed E-state index contributed by atoms with van der Waals surface area (Å²) < 4.78 is 13.1. The standard InChI is InChI=1S/C24H24N2O5/c1-14-8-23(29)31-24-15(2)20(7-6-18(14)24)30-13-22(28)25-10-16-9-17(12-25)19-4-3-5-21(27)26(19)11-16/h3-8,16-17H,9-13H2,1-2H3/t16-,17+/m1/s1. The van der Waals surface area contributed by atoms with Gasteiger partial charge in [0.05, 0.1) is 0 Å². The van der Waals surface area contributed by atoms with Crippen LogP contribution in [0.1, 0.15) is 29.2 Å². The van der Waals surface area contributed by atoms with Crippen LogP contribution >= 0.6 is 0 Å². The minimum absolute atomic E-state index is 0.0315. The van der Waals surface area contributed by atoms with Gasteiger partial charge in [0.15, 0.2) is 6.61 Å². The van der Waals surface area contributed by atoms with Gasteiger partial charge in [-0.3, -0.25) is 9.59 Å². The van der Waals surface area contributed by atoms with Crippen LogP contribution in [-0.2, 0) is 11.3 Å². The quantitative estimate of drug-likeness (QED) is 0.609. The van der Waals surface area contributed by atoms with E-state index in [1.54, 1.807) is 12.1 Å². The number of hydrogen-bond acceptors (Lipinski definition) is 5. The lowest BCUT2D eigenvalue weighted by atomic mass is 9.83. The molecule has 31 heavy (non-hydrogen) atoms. The normalized spacial score (nSPS) is 19.9. The molecule has 0 aliphatic carbocycles. The van der Waals surface area contributed by atoms with Crippen molar-refractivity contribution in [3.63, 3.8) is 0 Å². The minimum Gasteiger partial charge on any atom is -0.483 e. The number of nitrogens with zero attached hydrogens (tertiary/aromatic N) is 2. The van der Waals surface area contributed by atoms with Crippen LogP contribution in [0, 0.1) is 19.8 Å². The number of hydrogen-bond donors (Lipinski definition) is 0. The first kappa shape index (κ1) is 19.6. The topological polar surface area (TPSA) is 81.8 Å². The molecule has 1 amide bonds. The van der Waals surface area contributed by atoms with Gasteiger partial charge in [-0.05, 0) is 49.9 Å². The summed E-state index contributed by atoms with van der Waals surface area (Å²) in [6.45, 7) is 5.48.